The SMILES string of the molecule is CC(C)(C)n1c(NC(=O)c2ccc(-n3cnnn3)cc2)nc2ccccc21. The minimum absolute atomic E-state index is 0.223. The molecule has 0 saturated carbocycles. The highest BCUT2D eigenvalue weighted by Crippen LogP contribution is 2.28. The van der Waals surface area contributed by atoms with Crippen LogP contribution in [0, 0.1) is 0 Å². The van der Waals surface area contributed by atoms with E-state index in [2.05, 4.69) is 46.6 Å². The third kappa shape index (κ3) is 3.17. The van der Waals surface area contributed by atoms with Gasteiger partial charge in [-0.3, -0.25) is 10.1 Å². The van der Waals surface area contributed by atoms with Crippen LogP contribution in [-0.2, 0) is 5.54 Å². The number of carbonyl (C=O) groups is 1. The summed E-state index contributed by atoms with van der Waals surface area (Å²) in [5, 5.41) is 14.0. The maximum atomic E-state index is 12.8. The van der Waals surface area contributed by atoms with Crippen molar-refractivity contribution < 1.29 is 4.79 Å². The number of benzene rings is 2. The molecule has 2 heterocycles. The van der Waals surface area contributed by atoms with Crippen LogP contribution in [0.1, 0.15) is 31.1 Å². The average Bonchev–Trinajstić information content (AvgIpc) is 3.28. The van der Waals surface area contributed by atoms with Crippen molar-refractivity contribution in [2.45, 2.75) is 26.3 Å². The number of hydrogen-bond acceptors (Lipinski definition) is 5. The second-order valence-electron chi connectivity index (χ2n) is 7.19. The van der Waals surface area contributed by atoms with Crippen molar-refractivity contribution in [3.63, 3.8) is 0 Å². The van der Waals surface area contributed by atoms with Gasteiger partial charge in [0.25, 0.3) is 5.91 Å². The van der Waals surface area contributed by atoms with Crippen LogP contribution in [0.3, 0.4) is 0 Å². The Bertz CT molecular complexity index is 1090. The van der Waals surface area contributed by atoms with E-state index in [1.165, 1.54) is 11.0 Å². The summed E-state index contributed by atoms with van der Waals surface area (Å²) in [6.07, 6.45) is 1.50. The molecule has 0 radical (unpaired) electrons. The number of rotatable bonds is 3. The van der Waals surface area contributed by atoms with Crippen molar-refractivity contribution in [1.82, 2.24) is 29.8 Å². The number of nitrogens with one attached hydrogen (secondary N) is 1. The van der Waals surface area contributed by atoms with Crippen molar-refractivity contribution in [3.05, 3.63) is 60.4 Å². The number of nitrogens with zero attached hydrogens (tertiary/aromatic N) is 6. The normalized spacial score (nSPS) is 11.7. The molecule has 4 aromatic rings. The molecule has 0 saturated heterocycles. The Hall–Kier alpha value is -3.55. The van der Waals surface area contributed by atoms with Gasteiger partial charge in [0.05, 0.1) is 16.7 Å². The summed E-state index contributed by atoms with van der Waals surface area (Å²) in [7, 11) is 0. The Morgan fingerprint density at radius 1 is 1.04 bits per heavy atom. The first kappa shape index (κ1) is 16.9. The number of tetrazole rings is 1. The summed E-state index contributed by atoms with van der Waals surface area (Å²) in [5.74, 6) is 0.303. The summed E-state index contributed by atoms with van der Waals surface area (Å²) in [6.45, 7) is 6.24. The molecule has 4 rings (SSSR count). The largest absolute Gasteiger partial charge is 0.305 e. The zero-order chi connectivity index (χ0) is 19.0. The Labute approximate surface area is 155 Å². The van der Waals surface area contributed by atoms with E-state index in [1.807, 2.05) is 28.8 Å². The van der Waals surface area contributed by atoms with Crippen LogP contribution in [0.4, 0.5) is 5.95 Å². The molecule has 2 aromatic carbocycles. The van der Waals surface area contributed by atoms with Crippen LogP contribution in [0.15, 0.2) is 54.9 Å². The number of para-hydroxylation sites is 2. The second kappa shape index (κ2) is 6.31. The Balaban J connectivity index is 1.65. The van der Waals surface area contributed by atoms with Crippen LogP contribution >= 0.6 is 0 Å². The van der Waals surface area contributed by atoms with Gasteiger partial charge >= 0.3 is 0 Å². The van der Waals surface area contributed by atoms with Crippen LogP contribution in [0.25, 0.3) is 16.7 Å². The van der Waals surface area contributed by atoms with Crippen molar-refractivity contribution >= 4 is 22.9 Å². The average molecular weight is 361 g/mol. The number of fused-ring (bicyclic) bond motifs is 1. The molecule has 27 heavy (non-hydrogen) atoms. The first-order chi connectivity index (χ1) is 12.9. The van der Waals surface area contributed by atoms with Gasteiger partial charge in [-0.15, -0.1) is 5.10 Å². The topological polar surface area (TPSA) is 90.5 Å². The first-order valence-corrected chi connectivity index (χ1v) is 8.56. The highest BCUT2D eigenvalue weighted by atomic mass is 16.1. The number of anilines is 1. The van der Waals surface area contributed by atoms with E-state index in [-0.39, 0.29) is 11.4 Å². The van der Waals surface area contributed by atoms with Crippen molar-refractivity contribution in [2.75, 3.05) is 5.32 Å². The molecule has 0 aliphatic carbocycles. The Morgan fingerprint density at radius 3 is 2.44 bits per heavy atom. The van der Waals surface area contributed by atoms with Crippen LogP contribution in [0.2, 0.25) is 0 Å². The molecule has 8 nitrogen and oxygen atoms in total. The van der Waals surface area contributed by atoms with Crippen molar-refractivity contribution in [1.29, 1.82) is 0 Å². The van der Waals surface area contributed by atoms with E-state index in [0.717, 1.165) is 16.7 Å². The summed E-state index contributed by atoms with van der Waals surface area (Å²) in [5.41, 5.74) is 2.90. The smallest absolute Gasteiger partial charge is 0.257 e. The van der Waals surface area contributed by atoms with Gasteiger partial charge < -0.3 is 4.57 Å². The summed E-state index contributed by atoms with van der Waals surface area (Å²) in [6, 6.07) is 14.9. The standard InChI is InChI=1S/C19H19N7O/c1-19(2,3)26-16-7-5-4-6-15(16)21-18(26)22-17(27)13-8-10-14(11-9-13)25-12-20-23-24-25/h4-12H,1-3H3,(H,21,22,27). The Kier molecular flexibility index (Phi) is 3.95. The van der Waals surface area contributed by atoms with E-state index in [9.17, 15) is 4.79 Å². The molecule has 0 atom stereocenters. The third-order valence-corrected chi connectivity index (χ3v) is 4.20. The fourth-order valence-corrected chi connectivity index (χ4v) is 3.01. The molecular formula is C19H19N7O. The van der Waals surface area contributed by atoms with Gasteiger partial charge in [-0.2, -0.15) is 0 Å². The fourth-order valence-electron chi connectivity index (χ4n) is 3.01. The molecule has 0 fully saturated rings. The van der Waals surface area contributed by atoms with Gasteiger partial charge in [0.1, 0.15) is 6.33 Å². The highest BCUT2D eigenvalue weighted by molar-refractivity contribution is 6.04. The molecule has 8 heteroatoms. The first-order valence-electron chi connectivity index (χ1n) is 8.56. The predicted octanol–water partition coefficient (Wildman–Crippen LogP) is 3.02. The fraction of sp³-hybridized carbons (Fsp3) is 0.211. The van der Waals surface area contributed by atoms with Gasteiger partial charge in [-0.25, -0.2) is 9.67 Å². The van der Waals surface area contributed by atoms with Crippen molar-refractivity contribution in [2.24, 2.45) is 0 Å². The van der Waals surface area contributed by atoms with Crippen LogP contribution in [0.5, 0.6) is 0 Å². The van der Waals surface area contributed by atoms with Gasteiger partial charge in [-0.1, -0.05) is 12.1 Å². The maximum absolute atomic E-state index is 12.8. The van der Waals surface area contributed by atoms with Gasteiger partial charge in [0.15, 0.2) is 0 Å². The van der Waals surface area contributed by atoms with Gasteiger partial charge in [-0.05, 0) is 67.6 Å². The van der Waals surface area contributed by atoms with Gasteiger partial charge in [0.2, 0.25) is 5.95 Å². The van der Waals surface area contributed by atoms with E-state index in [1.54, 1.807) is 24.3 Å². The van der Waals surface area contributed by atoms with Crippen LogP contribution < -0.4 is 5.32 Å². The molecule has 136 valence electrons. The molecule has 2 aromatic heterocycles. The molecule has 0 unspecified atom stereocenters. The van der Waals surface area contributed by atoms with Gasteiger partial charge in [0, 0.05) is 11.1 Å². The number of imidazole rings is 1. The number of hydrogen-bond donors (Lipinski definition) is 1. The third-order valence-electron chi connectivity index (χ3n) is 4.20. The zero-order valence-electron chi connectivity index (χ0n) is 15.3. The van der Waals surface area contributed by atoms with E-state index in [0.29, 0.717) is 11.5 Å². The van der Waals surface area contributed by atoms with Crippen LogP contribution in [-0.4, -0.2) is 35.7 Å². The lowest BCUT2D eigenvalue weighted by molar-refractivity contribution is 0.102. The zero-order valence-corrected chi connectivity index (χ0v) is 15.3. The predicted molar refractivity (Wildman–Crippen MR) is 102 cm³/mol. The summed E-state index contributed by atoms with van der Waals surface area (Å²) < 4.78 is 3.57. The summed E-state index contributed by atoms with van der Waals surface area (Å²) >= 11 is 0. The minimum atomic E-state index is -0.233. The number of amides is 1. The summed E-state index contributed by atoms with van der Waals surface area (Å²) in [4.78, 5) is 17.4. The molecule has 1 amide bonds. The number of aromatic nitrogens is 6. The molecular weight excluding hydrogens is 342 g/mol. The monoisotopic (exact) mass is 361 g/mol. The maximum Gasteiger partial charge on any atom is 0.257 e. The molecule has 1 N–H and O–H groups in total. The lowest BCUT2D eigenvalue weighted by atomic mass is 10.1. The number of carbonyl (C=O) groups excluding carboxylic acids is 1. The van der Waals surface area contributed by atoms with E-state index >= 15 is 0 Å². The van der Waals surface area contributed by atoms with E-state index < -0.39 is 0 Å². The highest BCUT2D eigenvalue weighted by Gasteiger charge is 2.22. The molecule has 0 aliphatic heterocycles. The van der Waals surface area contributed by atoms with E-state index in [4.69, 9.17) is 0 Å². The Morgan fingerprint density at radius 2 is 1.78 bits per heavy atom. The quantitative estimate of drug-likeness (QED) is 0.606. The minimum Gasteiger partial charge on any atom is -0.305 e. The second-order valence-corrected chi connectivity index (χ2v) is 7.19. The lowest BCUT2D eigenvalue weighted by Gasteiger charge is -2.24. The lowest BCUT2D eigenvalue weighted by Crippen LogP contribution is -2.25. The molecule has 0 aliphatic rings. The molecule has 0 spiro atoms. The van der Waals surface area contributed by atoms with Crippen molar-refractivity contribution in [3.8, 4) is 5.69 Å². The molecule has 0 bridgehead atoms.